The van der Waals surface area contributed by atoms with Gasteiger partial charge >= 0.3 is 0 Å². The minimum absolute atomic E-state index is 0.191. The van der Waals surface area contributed by atoms with Crippen molar-refractivity contribution < 1.29 is 13.9 Å². The Morgan fingerprint density at radius 2 is 2.00 bits per heavy atom. The molecule has 1 nitrogen and oxygen atoms in total. The molecule has 0 heterocycles. The van der Waals surface area contributed by atoms with Crippen molar-refractivity contribution in [1.82, 2.24) is 0 Å². The highest BCUT2D eigenvalue weighted by Crippen LogP contribution is 2.12. The van der Waals surface area contributed by atoms with E-state index in [2.05, 4.69) is 0 Å². The van der Waals surface area contributed by atoms with Crippen molar-refractivity contribution in [2.45, 2.75) is 18.9 Å². The average Bonchev–Trinajstić information content (AvgIpc) is 2.26. The van der Waals surface area contributed by atoms with Gasteiger partial charge in [0.25, 0.3) is 0 Å². The number of hydrogen-bond donors (Lipinski definition) is 1. The Hall–Kier alpha value is -1.22. The van der Waals surface area contributed by atoms with Crippen LogP contribution < -0.4 is 0 Å². The zero-order chi connectivity index (χ0) is 10.4. The molecule has 0 saturated heterocycles. The van der Waals surface area contributed by atoms with E-state index in [1.54, 1.807) is 0 Å². The van der Waals surface area contributed by atoms with E-state index in [9.17, 15) is 8.78 Å². The molecule has 0 aliphatic rings. The first-order valence-electron chi connectivity index (χ1n) is 4.42. The summed E-state index contributed by atoms with van der Waals surface area (Å²) in [5.74, 6) is -1.11. The van der Waals surface area contributed by atoms with Crippen LogP contribution in [0.4, 0.5) is 8.78 Å². The summed E-state index contributed by atoms with van der Waals surface area (Å²) in [6.07, 6.45) is -0.810. The van der Waals surface area contributed by atoms with Crippen LogP contribution in [0.2, 0.25) is 0 Å². The van der Waals surface area contributed by atoms with Gasteiger partial charge in [0.1, 0.15) is 12.4 Å². The lowest BCUT2D eigenvalue weighted by atomic mass is 10.1. The van der Waals surface area contributed by atoms with Crippen LogP contribution in [0.5, 0.6) is 0 Å². The van der Waals surface area contributed by atoms with Gasteiger partial charge in [-0.1, -0.05) is 30.3 Å². The van der Waals surface area contributed by atoms with Crippen LogP contribution in [0, 0.1) is 0 Å². The molecule has 0 unspecified atom stereocenters. The lowest BCUT2D eigenvalue weighted by molar-refractivity contribution is 0.170. The predicted octanol–water partition coefficient (Wildman–Crippen LogP) is 2.76. The Bertz CT molecular complexity index is 295. The van der Waals surface area contributed by atoms with E-state index in [1.165, 1.54) is 0 Å². The second-order valence-electron chi connectivity index (χ2n) is 3.03. The molecule has 0 aliphatic heterocycles. The topological polar surface area (TPSA) is 20.2 Å². The molecule has 14 heavy (non-hydrogen) atoms. The van der Waals surface area contributed by atoms with E-state index in [-0.39, 0.29) is 12.8 Å². The van der Waals surface area contributed by atoms with E-state index in [0.717, 1.165) is 5.56 Å². The zero-order valence-electron chi connectivity index (χ0n) is 7.66. The van der Waals surface area contributed by atoms with Crippen molar-refractivity contribution >= 4 is 0 Å². The van der Waals surface area contributed by atoms with Crippen LogP contribution in [0.25, 0.3) is 0 Å². The maximum atomic E-state index is 12.5. The molecule has 0 fully saturated rings. The Kier molecular flexibility index (Phi) is 4.26. The maximum absolute atomic E-state index is 12.5. The number of benzene rings is 1. The fourth-order valence-corrected chi connectivity index (χ4v) is 1.16. The summed E-state index contributed by atoms with van der Waals surface area (Å²) in [6.45, 7) is 0. The van der Waals surface area contributed by atoms with Crippen molar-refractivity contribution in [2.75, 3.05) is 0 Å². The molecule has 0 amide bonds. The van der Waals surface area contributed by atoms with Gasteiger partial charge in [0.05, 0.1) is 0 Å². The molecule has 1 atom stereocenters. The highest BCUT2D eigenvalue weighted by Gasteiger charge is 2.10. The summed E-state index contributed by atoms with van der Waals surface area (Å²) < 4.78 is 24.1. The van der Waals surface area contributed by atoms with Gasteiger partial charge in [-0.3, -0.25) is 0 Å². The quantitative estimate of drug-likeness (QED) is 0.788. The van der Waals surface area contributed by atoms with Crippen LogP contribution in [-0.2, 0) is 6.42 Å². The maximum Gasteiger partial charge on any atom is 0.156 e. The van der Waals surface area contributed by atoms with E-state index in [0.29, 0.717) is 6.42 Å². The molecule has 1 aromatic carbocycles. The monoisotopic (exact) mass is 198 g/mol. The smallest absolute Gasteiger partial charge is 0.156 e. The van der Waals surface area contributed by atoms with Gasteiger partial charge in [-0.15, -0.1) is 0 Å². The first-order chi connectivity index (χ1) is 6.74. The van der Waals surface area contributed by atoms with Crippen LogP contribution in [0.15, 0.2) is 42.5 Å². The Morgan fingerprint density at radius 3 is 2.57 bits per heavy atom. The van der Waals surface area contributed by atoms with Gasteiger partial charge < -0.3 is 5.11 Å². The number of aliphatic hydroxyl groups excluding tert-OH is 1. The molecular formula is C11H12F2O. The molecule has 3 heteroatoms. The molecule has 1 aromatic rings. The molecule has 76 valence electrons. The molecule has 0 aliphatic carbocycles. The molecule has 0 radical (unpaired) electrons. The number of rotatable bonds is 4. The summed E-state index contributed by atoms with van der Waals surface area (Å²) in [7, 11) is 0. The summed E-state index contributed by atoms with van der Waals surface area (Å²) >= 11 is 0. The third-order valence-electron chi connectivity index (χ3n) is 1.97. The fraction of sp³-hybridized carbons (Fsp3) is 0.273. The lowest BCUT2D eigenvalue weighted by Gasteiger charge is -2.06. The first-order valence-corrected chi connectivity index (χ1v) is 4.42. The fourth-order valence-electron chi connectivity index (χ4n) is 1.16. The predicted molar refractivity (Wildman–Crippen MR) is 51.1 cm³/mol. The van der Waals surface area contributed by atoms with Crippen LogP contribution in [0.1, 0.15) is 12.0 Å². The van der Waals surface area contributed by atoms with Gasteiger partial charge in [-0.2, -0.15) is 0 Å². The normalized spacial score (nSPS) is 14.1. The number of hydrogen-bond acceptors (Lipinski definition) is 1. The van der Waals surface area contributed by atoms with Crippen molar-refractivity contribution in [2.24, 2.45) is 0 Å². The van der Waals surface area contributed by atoms with Crippen LogP contribution in [-0.4, -0.2) is 11.2 Å². The Morgan fingerprint density at radius 1 is 1.36 bits per heavy atom. The Labute approximate surface area is 81.7 Å². The van der Waals surface area contributed by atoms with Crippen molar-refractivity contribution in [3.63, 3.8) is 0 Å². The highest BCUT2D eigenvalue weighted by atomic mass is 19.2. The standard InChI is InChI=1S/C11H12F2O/c12-8-10(13)11(14)7-6-9-4-2-1-3-5-9/h1-5,8,11,14H,6-7H2/b10-8-/t11-/m0/s1. The largest absolute Gasteiger partial charge is 0.386 e. The average molecular weight is 198 g/mol. The second-order valence-corrected chi connectivity index (χ2v) is 3.03. The van der Waals surface area contributed by atoms with Crippen molar-refractivity contribution in [3.05, 3.63) is 48.1 Å². The summed E-state index contributed by atoms with van der Waals surface area (Å²) in [6, 6.07) is 9.36. The lowest BCUT2D eigenvalue weighted by Crippen LogP contribution is -2.08. The first kappa shape index (κ1) is 10.9. The summed E-state index contributed by atoms with van der Waals surface area (Å²) in [4.78, 5) is 0. The SMILES string of the molecule is O[C@@H](CCc1ccccc1)/C(F)=C/F. The molecule has 1 N–H and O–H groups in total. The van der Waals surface area contributed by atoms with E-state index >= 15 is 0 Å². The third kappa shape index (κ3) is 3.26. The Balaban J connectivity index is 2.42. The number of aryl methyl sites for hydroxylation is 1. The van der Waals surface area contributed by atoms with Gasteiger partial charge in [0, 0.05) is 0 Å². The van der Waals surface area contributed by atoms with Crippen LogP contribution in [0.3, 0.4) is 0 Å². The van der Waals surface area contributed by atoms with Crippen molar-refractivity contribution in [3.8, 4) is 0 Å². The van der Waals surface area contributed by atoms with Gasteiger partial charge in [0.15, 0.2) is 5.83 Å². The van der Waals surface area contributed by atoms with E-state index in [1.807, 2.05) is 30.3 Å². The second kappa shape index (κ2) is 5.50. The summed E-state index contributed by atoms with van der Waals surface area (Å²) in [5, 5.41) is 9.10. The molecule has 0 aromatic heterocycles. The molecule has 1 rings (SSSR count). The number of aliphatic hydroxyl groups is 1. The van der Waals surface area contributed by atoms with Gasteiger partial charge in [-0.25, -0.2) is 8.78 Å². The van der Waals surface area contributed by atoms with Gasteiger partial charge in [0.2, 0.25) is 0 Å². The van der Waals surface area contributed by atoms with Crippen LogP contribution >= 0.6 is 0 Å². The molecule has 0 bridgehead atoms. The minimum atomic E-state index is -1.33. The van der Waals surface area contributed by atoms with Gasteiger partial charge in [-0.05, 0) is 18.4 Å². The van der Waals surface area contributed by atoms with E-state index in [4.69, 9.17) is 5.11 Å². The zero-order valence-corrected chi connectivity index (χ0v) is 7.66. The number of halogens is 2. The van der Waals surface area contributed by atoms with Crippen molar-refractivity contribution in [1.29, 1.82) is 0 Å². The molecule has 0 saturated carbocycles. The molecular weight excluding hydrogens is 186 g/mol. The minimum Gasteiger partial charge on any atom is -0.386 e. The van der Waals surface area contributed by atoms with E-state index < -0.39 is 11.9 Å². The third-order valence-corrected chi connectivity index (χ3v) is 1.97. The summed E-state index contributed by atoms with van der Waals surface area (Å²) in [5.41, 5.74) is 0.998. The highest BCUT2D eigenvalue weighted by molar-refractivity contribution is 5.15. The molecule has 0 spiro atoms.